The van der Waals surface area contributed by atoms with Crippen LogP contribution in [-0.2, 0) is 11.3 Å². The predicted octanol–water partition coefficient (Wildman–Crippen LogP) is 1.14. The highest BCUT2D eigenvalue weighted by molar-refractivity contribution is 6.30. The molecule has 0 aliphatic carbocycles. The fourth-order valence-electron chi connectivity index (χ4n) is 3.30. The normalized spacial score (nSPS) is 26.3. The Balaban J connectivity index is 1.41. The Morgan fingerprint density at radius 2 is 2.00 bits per heavy atom. The highest BCUT2D eigenvalue weighted by Crippen LogP contribution is 2.16. The molecule has 1 aromatic rings. The van der Waals surface area contributed by atoms with E-state index in [1.54, 1.807) is 0 Å². The second-order valence-electron chi connectivity index (χ2n) is 6.54. The lowest BCUT2D eigenvalue weighted by Gasteiger charge is -2.32. The van der Waals surface area contributed by atoms with Crippen LogP contribution in [0.3, 0.4) is 0 Å². The molecule has 126 valence electrons. The van der Waals surface area contributed by atoms with Gasteiger partial charge in [0.05, 0.1) is 12.1 Å². The summed E-state index contributed by atoms with van der Waals surface area (Å²) in [6.07, 6.45) is 2.05. The highest BCUT2D eigenvalue weighted by Gasteiger charge is 2.30. The van der Waals surface area contributed by atoms with Crippen molar-refractivity contribution in [2.45, 2.75) is 44.0 Å². The number of carbonyl (C=O) groups excluding carboxylic acids is 1. The van der Waals surface area contributed by atoms with Crippen molar-refractivity contribution in [2.24, 2.45) is 0 Å². The minimum atomic E-state index is -0.396. The first-order valence-corrected chi connectivity index (χ1v) is 8.66. The molecule has 2 atom stereocenters. The molecule has 5 nitrogen and oxygen atoms in total. The maximum absolute atomic E-state index is 12.2. The number of halogens is 1. The number of amides is 1. The zero-order valence-electron chi connectivity index (χ0n) is 13.2. The summed E-state index contributed by atoms with van der Waals surface area (Å²) in [5.41, 5.74) is 1.26. The number of likely N-dealkylation sites (tertiary alicyclic amines) is 1. The lowest BCUT2D eigenvalue weighted by Crippen LogP contribution is -2.49. The maximum atomic E-state index is 12.2. The van der Waals surface area contributed by atoms with E-state index in [9.17, 15) is 9.90 Å². The van der Waals surface area contributed by atoms with Gasteiger partial charge in [-0.1, -0.05) is 23.7 Å². The topological polar surface area (TPSA) is 64.6 Å². The van der Waals surface area contributed by atoms with Crippen LogP contribution in [0.2, 0.25) is 5.02 Å². The van der Waals surface area contributed by atoms with Gasteiger partial charge in [0.15, 0.2) is 0 Å². The van der Waals surface area contributed by atoms with Gasteiger partial charge in [0, 0.05) is 37.2 Å². The summed E-state index contributed by atoms with van der Waals surface area (Å²) in [4.78, 5) is 14.6. The molecule has 23 heavy (non-hydrogen) atoms. The number of β-amino-alcohol motifs (C(OH)–C–C–N with tert-alkyl or cyclic N) is 1. The monoisotopic (exact) mass is 337 g/mol. The summed E-state index contributed by atoms with van der Waals surface area (Å²) in [6.45, 7) is 3.40. The van der Waals surface area contributed by atoms with E-state index >= 15 is 0 Å². The zero-order chi connectivity index (χ0) is 16.2. The van der Waals surface area contributed by atoms with Crippen LogP contribution in [0.15, 0.2) is 24.3 Å². The summed E-state index contributed by atoms with van der Waals surface area (Å²) in [5, 5.41) is 16.4. The molecule has 3 rings (SSSR count). The largest absolute Gasteiger partial charge is 0.392 e. The molecule has 0 radical (unpaired) electrons. The van der Waals surface area contributed by atoms with Gasteiger partial charge in [-0.15, -0.1) is 0 Å². The Kier molecular flexibility index (Phi) is 5.54. The van der Waals surface area contributed by atoms with Crippen molar-refractivity contribution in [3.05, 3.63) is 34.9 Å². The van der Waals surface area contributed by atoms with Crippen LogP contribution >= 0.6 is 11.6 Å². The van der Waals surface area contributed by atoms with Crippen LogP contribution in [0.5, 0.6) is 0 Å². The van der Waals surface area contributed by atoms with Gasteiger partial charge in [0.1, 0.15) is 0 Å². The van der Waals surface area contributed by atoms with Crippen LogP contribution in [0.25, 0.3) is 0 Å². The van der Waals surface area contributed by atoms with E-state index in [-0.39, 0.29) is 18.0 Å². The second kappa shape index (κ2) is 7.62. The van der Waals surface area contributed by atoms with Crippen molar-refractivity contribution in [3.63, 3.8) is 0 Å². The molecule has 0 bridgehead atoms. The number of hydrogen-bond acceptors (Lipinski definition) is 4. The number of benzene rings is 1. The minimum absolute atomic E-state index is 0.0256. The number of nitrogens with one attached hydrogen (secondary N) is 2. The van der Waals surface area contributed by atoms with Crippen molar-refractivity contribution in [3.8, 4) is 0 Å². The quantitative estimate of drug-likeness (QED) is 0.771. The molecule has 0 aromatic heterocycles. The summed E-state index contributed by atoms with van der Waals surface area (Å²) >= 11 is 5.91. The third kappa shape index (κ3) is 4.67. The molecule has 0 spiro atoms. The first kappa shape index (κ1) is 16.7. The van der Waals surface area contributed by atoms with Crippen LogP contribution in [0.1, 0.15) is 24.8 Å². The Morgan fingerprint density at radius 3 is 2.61 bits per heavy atom. The van der Waals surface area contributed by atoms with Gasteiger partial charge in [-0.05, 0) is 37.0 Å². The molecule has 2 aliphatic rings. The van der Waals surface area contributed by atoms with E-state index in [0.717, 1.165) is 37.5 Å². The Labute approximate surface area is 142 Å². The fraction of sp³-hybridized carbons (Fsp3) is 0.588. The molecular weight excluding hydrogens is 314 g/mol. The smallest absolute Gasteiger partial charge is 0.237 e. The standard InChI is InChI=1S/C17H24ClN3O2/c18-13-3-1-12(2-4-13)11-21-7-5-14(6-8-21)20-17(23)16-9-15(22)10-19-16/h1-4,14-16,19,22H,5-11H2,(H,20,23)/t15-,16+/m0/s1. The number of rotatable bonds is 4. The minimum Gasteiger partial charge on any atom is -0.392 e. The molecule has 3 N–H and O–H groups in total. The molecule has 2 fully saturated rings. The van der Waals surface area contributed by atoms with Crippen molar-refractivity contribution in [1.82, 2.24) is 15.5 Å². The number of nitrogens with zero attached hydrogens (tertiary/aromatic N) is 1. The molecule has 2 heterocycles. The third-order valence-electron chi connectivity index (χ3n) is 4.68. The van der Waals surface area contributed by atoms with Gasteiger partial charge in [-0.2, -0.15) is 0 Å². The lowest BCUT2D eigenvalue weighted by molar-refractivity contribution is -0.124. The molecule has 0 saturated carbocycles. The van der Waals surface area contributed by atoms with Crippen LogP contribution < -0.4 is 10.6 Å². The van der Waals surface area contributed by atoms with E-state index in [1.807, 2.05) is 12.1 Å². The predicted molar refractivity (Wildman–Crippen MR) is 90.3 cm³/mol. The molecular formula is C17H24ClN3O2. The number of aliphatic hydroxyl groups excluding tert-OH is 1. The molecule has 1 aromatic carbocycles. The van der Waals surface area contributed by atoms with Crippen molar-refractivity contribution < 1.29 is 9.90 Å². The number of hydrogen-bond donors (Lipinski definition) is 3. The molecule has 6 heteroatoms. The highest BCUT2D eigenvalue weighted by atomic mass is 35.5. The van der Waals surface area contributed by atoms with Crippen LogP contribution in [0.4, 0.5) is 0 Å². The van der Waals surface area contributed by atoms with Gasteiger partial charge in [0.25, 0.3) is 0 Å². The SMILES string of the molecule is O=C(NC1CCN(Cc2ccc(Cl)cc2)CC1)[C@H]1C[C@H](O)CN1. The average molecular weight is 338 g/mol. The van der Waals surface area contributed by atoms with Gasteiger partial charge in [-0.25, -0.2) is 0 Å². The fourth-order valence-corrected chi connectivity index (χ4v) is 3.43. The summed E-state index contributed by atoms with van der Waals surface area (Å²) < 4.78 is 0. The van der Waals surface area contributed by atoms with E-state index in [1.165, 1.54) is 5.56 Å². The number of aliphatic hydroxyl groups is 1. The third-order valence-corrected chi connectivity index (χ3v) is 4.93. The van der Waals surface area contributed by atoms with Gasteiger partial charge in [0.2, 0.25) is 5.91 Å². The van der Waals surface area contributed by atoms with Gasteiger partial charge < -0.3 is 15.7 Å². The van der Waals surface area contributed by atoms with Gasteiger partial charge >= 0.3 is 0 Å². The average Bonchev–Trinajstić information content (AvgIpc) is 2.98. The maximum Gasteiger partial charge on any atom is 0.237 e. The molecule has 2 aliphatic heterocycles. The molecule has 1 amide bonds. The Bertz CT molecular complexity index is 529. The Hall–Kier alpha value is -1.14. The van der Waals surface area contributed by atoms with Crippen molar-refractivity contribution in [2.75, 3.05) is 19.6 Å². The van der Waals surface area contributed by atoms with Crippen molar-refractivity contribution >= 4 is 17.5 Å². The van der Waals surface area contributed by atoms with Gasteiger partial charge in [-0.3, -0.25) is 9.69 Å². The first-order chi connectivity index (χ1) is 11.1. The van der Waals surface area contributed by atoms with E-state index in [0.29, 0.717) is 13.0 Å². The van der Waals surface area contributed by atoms with E-state index in [4.69, 9.17) is 11.6 Å². The second-order valence-corrected chi connectivity index (χ2v) is 6.97. The lowest BCUT2D eigenvalue weighted by atomic mass is 10.0. The molecule has 0 unspecified atom stereocenters. The number of carbonyl (C=O) groups is 1. The van der Waals surface area contributed by atoms with Crippen LogP contribution in [0, 0.1) is 0 Å². The number of piperidine rings is 1. The van der Waals surface area contributed by atoms with Crippen LogP contribution in [-0.4, -0.2) is 53.7 Å². The summed E-state index contributed by atoms with van der Waals surface area (Å²) in [7, 11) is 0. The molecule has 2 saturated heterocycles. The Morgan fingerprint density at radius 1 is 1.30 bits per heavy atom. The summed E-state index contributed by atoms with van der Waals surface area (Å²) in [6, 6.07) is 7.97. The first-order valence-electron chi connectivity index (χ1n) is 8.29. The van der Waals surface area contributed by atoms with Crippen molar-refractivity contribution in [1.29, 1.82) is 0 Å². The van der Waals surface area contributed by atoms with E-state index in [2.05, 4.69) is 27.7 Å². The van der Waals surface area contributed by atoms with E-state index < -0.39 is 6.10 Å². The zero-order valence-corrected chi connectivity index (χ0v) is 13.9. The summed E-state index contributed by atoms with van der Waals surface area (Å²) in [5.74, 6) is 0.0256.